The van der Waals surface area contributed by atoms with Crippen LogP contribution in [0.4, 0.5) is 0 Å². The molecule has 0 bridgehead atoms. The molecule has 0 heteroatoms. The molecule has 0 radical (unpaired) electrons. The highest BCUT2D eigenvalue weighted by atomic mass is 14.0. The molecule has 0 unspecified atom stereocenters. The zero-order chi connectivity index (χ0) is 21.9. The monoisotopic (exact) mass is 406 g/mol. The van der Waals surface area contributed by atoms with Gasteiger partial charge in [0.1, 0.15) is 0 Å². The van der Waals surface area contributed by atoms with Gasteiger partial charge in [-0.25, -0.2) is 0 Å². The van der Waals surface area contributed by atoms with E-state index in [0.29, 0.717) is 0 Å². The van der Waals surface area contributed by atoms with Crippen molar-refractivity contribution in [3.05, 3.63) is 130 Å². The van der Waals surface area contributed by atoms with E-state index in [1.54, 1.807) is 0 Å². The third kappa shape index (κ3) is 3.88. The Kier molecular flexibility index (Phi) is 5.21. The van der Waals surface area contributed by atoms with E-state index in [1.807, 2.05) is 24.3 Å². The van der Waals surface area contributed by atoms with Gasteiger partial charge >= 0.3 is 0 Å². The second-order valence-corrected chi connectivity index (χ2v) is 8.03. The summed E-state index contributed by atoms with van der Waals surface area (Å²) >= 11 is 0. The maximum absolute atomic E-state index is 3.35. The molecule has 0 N–H and O–H groups in total. The van der Waals surface area contributed by atoms with Gasteiger partial charge in [-0.1, -0.05) is 84.3 Å². The van der Waals surface area contributed by atoms with Gasteiger partial charge < -0.3 is 0 Å². The van der Waals surface area contributed by atoms with Gasteiger partial charge in [-0.3, -0.25) is 0 Å². The van der Waals surface area contributed by atoms with Crippen molar-refractivity contribution in [1.29, 1.82) is 0 Å². The highest BCUT2D eigenvalue weighted by molar-refractivity contribution is 5.91. The van der Waals surface area contributed by atoms with Crippen molar-refractivity contribution < 1.29 is 0 Å². The molecule has 0 aromatic heterocycles. The van der Waals surface area contributed by atoms with E-state index in [0.717, 1.165) is 22.3 Å². The molecule has 0 aliphatic carbocycles. The lowest BCUT2D eigenvalue weighted by Crippen LogP contribution is -1.84. The van der Waals surface area contributed by atoms with Gasteiger partial charge in [-0.15, -0.1) is 0 Å². The number of hydrogen-bond donors (Lipinski definition) is 0. The molecule has 0 nitrogen and oxygen atoms in total. The summed E-state index contributed by atoms with van der Waals surface area (Å²) in [6, 6.07) is 33.5. The van der Waals surface area contributed by atoms with Crippen LogP contribution < -0.4 is 0 Å². The first-order valence-electron chi connectivity index (χ1n) is 10.8. The molecular weight excluding hydrogens is 384 g/mol. The summed E-state index contributed by atoms with van der Waals surface area (Å²) < 4.78 is 0. The van der Waals surface area contributed by atoms with Gasteiger partial charge in [0, 0.05) is 22.3 Å². The molecule has 0 aliphatic rings. The van der Waals surface area contributed by atoms with Gasteiger partial charge in [0.25, 0.3) is 0 Å². The van der Waals surface area contributed by atoms with Crippen LogP contribution in [0.25, 0.3) is 21.5 Å². The van der Waals surface area contributed by atoms with E-state index in [-0.39, 0.29) is 0 Å². The van der Waals surface area contributed by atoms with Gasteiger partial charge in [-0.2, -0.15) is 0 Å². The lowest BCUT2D eigenvalue weighted by molar-refractivity contribution is 1.52. The molecule has 0 saturated carbocycles. The molecule has 0 fully saturated rings. The van der Waals surface area contributed by atoms with Crippen molar-refractivity contribution >= 4 is 21.5 Å². The summed E-state index contributed by atoms with van der Waals surface area (Å²) in [6.07, 6.45) is 0. The average Bonchev–Trinajstić information content (AvgIpc) is 2.83. The third-order valence-electron chi connectivity index (χ3n) is 5.85. The summed E-state index contributed by atoms with van der Waals surface area (Å²) in [7, 11) is 0. The van der Waals surface area contributed by atoms with Crippen molar-refractivity contribution in [2.75, 3.05) is 0 Å². The largest absolute Gasteiger partial charge is 0.0616 e. The summed E-state index contributed by atoms with van der Waals surface area (Å²) in [4.78, 5) is 0. The first-order chi connectivity index (χ1) is 15.7. The molecular formula is C32H22. The maximum atomic E-state index is 3.35. The Balaban J connectivity index is 1.42. The van der Waals surface area contributed by atoms with E-state index >= 15 is 0 Å². The van der Waals surface area contributed by atoms with Crippen LogP contribution in [-0.4, -0.2) is 0 Å². The number of benzene rings is 5. The number of hydrogen-bond acceptors (Lipinski definition) is 0. The Morgan fingerprint density at radius 1 is 0.375 bits per heavy atom. The Morgan fingerprint density at radius 2 is 0.750 bits per heavy atom. The molecule has 0 amide bonds. The lowest BCUT2D eigenvalue weighted by atomic mass is 10.0. The molecule has 0 heterocycles. The van der Waals surface area contributed by atoms with Crippen LogP contribution in [0.3, 0.4) is 0 Å². The minimum atomic E-state index is 0.987. The van der Waals surface area contributed by atoms with E-state index < -0.39 is 0 Å². The zero-order valence-electron chi connectivity index (χ0n) is 18.2. The van der Waals surface area contributed by atoms with Gasteiger partial charge in [0.15, 0.2) is 0 Å². The van der Waals surface area contributed by atoms with Gasteiger partial charge in [-0.05, 0) is 82.9 Å². The van der Waals surface area contributed by atoms with Crippen molar-refractivity contribution in [2.24, 2.45) is 0 Å². The summed E-state index contributed by atoms with van der Waals surface area (Å²) in [5, 5.41) is 4.92. The Bertz CT molecular complexity index is 1450. The van der Waals surface area contributed by atoms with Crippen LogP contribution in [0.15, 0.2) is 97.1 Å². The molecule has 32 heavy (non-hydrogen) atoms. The predicted molar refractivity (Wildman–Crippen MR) is 136 cm³/mol. The fourth-order valence-electron chi connectivity index (χ4n) is 4.07. The highest BCUT2D eigenvalue weighted by Gasteiger charge is 2.01. The number of aryl methyl sites for hydroxylation is 2. The smallest absolute Gasteiger partial charge is 0.0327 e. The maximum Gasteiger partial charge on any atom is 0.0327 e. The second kappa shape index (κ2) is 8.47. The molecule has 0 atom stereocenters. The highest BCUT2D eigenvalue weighted by Crippen LogP contribution is 2.22. The summed E-state index contributed by atoms with van der Waals surface area (Å²) in [5.41, 5.74) is 6.63. The number of rotatable bonds is 0. The summed E-state index contributed by atoms with van der Waals surface area (Å²) in [6.45, 7) is 4.28. The minimum Gasteiger partial charge on any atom is -0.0616 e. The van der Waals surface area contributed by atoms with Crippen molar-refractivity contribution in [3.63, 3.8) is 0 Å². The van der Waals surface area contributed by atoms with Crippen LogP contribution in [0.1, 0.15) is 33.4 Å². The van der Waals surface area contributed by atoms with E-state index in [2.05, 4.69) is 110 Å². The minimum absolute atomic E-state index is 0.987. The van der Waals surface area contributed by atoms with E-state index in [1.165, 1.54) is 32.7 Å². The predicted octanol–water partition coefficient (Wildman–Crippen LogP) is 7.41. The topological polar surface area (TPSA) is 0 Å². The molecule has 0 saturated heterocycles. The van der Waals surface area contributed by atoms with Crippen LogP contribution in [0.5, 0.6) is 0 Å². The molecule has 5 rings (SSSR count). The van der Waals surface area contributed by atoms with Crippen LogP contribution >= 0.6 is 0 Å². The average molecular weight is 407 g/mol. The Morgan fingerprint density at radius 3 is 1.19 bits per heavy atom. The van der Waals surface area contributed by atoms with Crippen LogP contribution in [0, 0.1) is 37.5 Å². The quantitative estimate of drug-likeness (QED) is 0.235. The molecule has 5 aromatic carbocycles. The van der Waals surface area contributed by atoms with E-state index in [4.69, 9.17) is 0 Å². The summed E-state index contributed by atoms with van der Waals surface area (Å²) in [5.74, 6) is 13.3. The first-order valence-corrected chi connectivity index (χ1v) is 10.8. The van der Waals surface area contributed by atoms with E-state index in [9.17, 15) is 0 Å². The fraction of sp³-hybridized carbons (Fsp3) is 0.0625. The number of fused-ring (bicyclic) bond motifs is 2. The van der Waals surface area contributed by atoms with Crippen LogP contribution in [-0.2, 0) is 0 Å². The van der Waals surface area contributed by atoms with Gasteiger partial charge in [0.05, 0.1) is 0 Å². The molecule has 150 valence electrons. The first kappa shape index (κ1) is 19.7. The standard InChI is InChI=1S/C32H22/c1-23-7-3-13-31-27(9-5-11-29(23)31)21-19-25-15-17-26(18-16-25)20-22-28-10-6-12-30-24(2)8-4-14-32(28)30/h3-18H,1-2H3. The fourth-order valence-corrected chi connectivity index (χ4v) is 4.07. The Labute approximate surface area is 189 Å². The van der Waals surface area contributed by atoms with Crippen molar-refractivity contribution in [2.45, 2.75) is 13.8 Å². The lowest BCUT2D eigenvalue weighted by Gasteiger charge is -2.03. The van der Waals surface area contributed by atoms with Crippen molar-refractivity contribution in [3.8, 4) is 23.7 Å². The normalized spacial score (nSPS) is 10.3. The van der Waals surface area contributed by atoms with Gasteiger partial charge in [0.2, 0.25) is 0 Å². The molecule has 0 aliphatic heterocycles. The molecule has 0 spiro atoms. The van der Waals surface area contributed by atoms with Crippen molar-refractivity contribution in [1.82, 2.24) is 0 Å². The van der Waals surface area contributed by atoms with Crippen LogP contribution in [0.2, 0.25) is 0 Å². The molecule has 5 aromatic rings. The third-order valence-corrected chi connectivity index (χ3v) is 5.85. The second-order valence-electron chi connectivity index (χ2n) is 8.03. The SMILES string of the molecule is Cc1cccc2c(C#Cc3ccc(C#Cc4cccc5c(C)cccc45)cc3)cccc12. The Hall–Kier alpha value is -4.26. The zero-order valence-corrected chi connectivity index (χ0v) is 18.2.